The molecule has 3 aromatic rings. The molecule has 0 radical (unpaired) electrons. The number of nitrogens with zero attached hydrogens (tertiary/aromatic N) is 3. The smallest absolute Gasteiger partial charge is 0.229 e. The van der Waals surface area contributed by atoms with E-state index in [9.17, 15) is 13.2 Å². The molecule has 2 aromatic carbocycles. The highest BCUT2D eigenvalue weighted by atomic mass is 32.2. The molecule has 1 aromatic heterocycles. The van der Waals surface area contributed by atoms with Crippen molar-refractivity contribution >= 4 is 42.4 Å². The minimum Gasteiger partial charge on any atom is -0.497 e. The normalized spacial score (nSPS) is 11.6. The first kappa shape index (κ1) is 26.7. The van der Waals surface area contributed by atoms with E-state index in [4.69, 9.17) is 14.2 Å². The van der Waals surface area contributed by atoms with E-state index < -0.39 is 9.84 Å². The zero-order valence-corrected chi connectivity index (χ0v) is 22.2. The number of sulfone groups is 1. The Bertz CT molecular complexity index is 1220. The van der Waals surface area contributed by atoms with Gasteiger partial charge in [0.2, 0.25) is 5.91 Å². The van der Waals surface area contributed by atoms with Gasteiger partial charge >= 0.3 is 0 Å². The Labute approximate surface area is 210 Å². The number of benzene rings is 2. The van der Waals surface area contributed by atoms with Crippen LogP contribution in [-0.2, 0) is 14.6 Å². The monoisotopic (exact) mass is 521 g/mol. The van der Waals surface area contributed by atoms with Crippen molar-refractivity contribution in [2.75, 3.05) is 59.2 Å². The van der Waals surface area contributed by atoms with Gasteiger partial charge in [0, 0.05) is 13.0 Å². The van der Waals surface area contributed by atoms with Crippen LogP contribution in [0.5, 0.6) is 17.2 Å². The second kappa shape index (κ2) is 11.7. The third-order valence-corrected chi connectivity index (χ3v) is 8.25. The van der Waals surface area contributed by atoms with Crippen LogP contribution in [0.15, 0.2) is 41.3 Å². The highest BCUT2D eigenvalue weighted by Gasteiger charge is 2.25. The lowest BCUT2D eigenvalue weighted by molar-refractivity contribution is -0.118. The molecule has 0 N–H and O–H groups in total. The van der Waals surface area contributed by atoms with Crippen LogP contribution in [0, 0.1) is 0 Å². The van der Waals surface area contributed by atoms with E-state index in [0.29, 0.717) is 40.9 Å². The molecule has 11 heteroatoms. The van der Waals surface area contributed by atoms with Gasteiger partial charge in [-0.2, -0.15) is 0 Å². The van der Waals surface area contributed by atoms with Crippen molar-refractivity contribution in [1.82, 2.24) is 9.88 Å². The molecule has 0 fully saturated rings. The van der Waals surface area contributed by atoms with E-state index in [1.807, 2.05) is 19.0 Å². The average Bonchev–Trinajstić information content (AvgIpc) is 3.29. The van der Waals surface area contributed by atoms with Gasteiger partial charge in [-0.3, -0.25) is 9.69 Å². The largest absolute Gasteiger partial charge is 0.497 e. The summed E-state index contributed by atoms with van der Waals surface area (Å²) in [5.41, 5.74) is 0.600. The van der Waals surface area contributed by atoms with Crippen LogP contribution in [-0.4, -0.2) is 78.5 Å². The maximum Gasteiger partial charge on any atom is 0.229 e. The summed E-state index contributed by atoms with van der Waals surface area (Å²) in [6, 6.07) is 9.71. The van der Waals surface area contributed by atoms with Crippen LogP contribution < -0.4 is 19.1 Å². The lowest BCUT2D eigenvalue weighted by Crippen LogP contribution is -2.34. The molecule has 0 bridgehead atoms. The molecule has 0 aliphatic carbocycles. The molecule has 1 amide bonds. The van der Waals surface area contributed by atoms with Crippen molar-refractivity contribution in [1.29, 1.82) is 0 Å². The predicted molar refractivity (Wildman–Crippen MR) is 138 cm³/mol. The van der Waals surface area contributed by atoms with Crippen LogP contribution >= 0.6 is 11.3 Å². The summed E-state index contributed by atoms with van der Waals surface area (Å²) in [6.07, 6.45) is 0.536. The second-order valence-electron chi connectivity index (χ2n) is 8.09. The molecular formula is C24H31N3O6S2. The van der Waals surface area contributed by atoms with Crippen LogP contribution in [0.3, 0.4) is 0 Å². The molecule has 3 rings (SSSR count). The van der Waals surface area contributed by atoms with Gasteiger partial charge in [0.1, 0.15) is 27.5 Å². The quantitative estimate of drug-likeness (QED) is 0.357. The third kappa shape index (κ3) is 6.41. The Morgan fingerprint density at radius 2 is 1.60 bits per heavy atom. The highest BCUT2D eigenvalue weighted by molar-refractivity contribution is 7.91. The number of methoxy groups -OCH3 is 3. The Morgan fingerprint density at radius 1 is 0.943 bits per heavy atom. The van der Waals surface area contributed by atoms with Gasteiger partial charge in [-0.05, 0) is 63.5 Å². The number of amides is 1. The van der Waals surface area contributed by atoms with Crippen LogP contribution in [0.2, 0.25) is 0 Å². The summed E-state index contributed by atoms with van der Waals surface area (Å²) in [7, 11) is 4.92. The van der Waals surface area contributed by atoms with Gasteiger partial charge in [-0.1, -0.05) is 11.3 Å². The topological polar surface area (TPSA) is 98.3 Å². The number of ether oxygens (including phenoxy) is 3. The Hall–Kier alpha value is -2.89. The van der Waals surface area contributed by atoms with Gasteiger partial charge in [0.25, 0.3) is 0 Å². The predicted octanol–water partition coefficient (Wildman–Crippen LogP) is 3.47. The van der Waals surface area contributed by atoms with Gasteiger partial charge in [-0.25, -0.2) is 13.4 Å². The minimum absolute atomic E-state index is 0.153. The molecule has 1 heterocycles. The summed E-state index contributed by atoms with van der Waals surface area (Å²) in [4.78, 5) is 21.7. The molecule has 0 aliphatic rings. The van der Waals surface area contributed by atoms with Gasteiger partial charge < -0.3 is 19.1 Å². The number of carbonyl (C=O) groups is 1. The van der Waals surface area contributed by atoms with E-state index in [-0.39, 0.29) is 23.0 Å². The summed E-state index contributed by atoms with van der Waals surface area (Å²) in [5.74, 6) is 1.16. The molecule has 0 atom stereocenters. The van der Waals surface area contributed by atoms with E-state index >= 15 is 0 Å². The standard InChI is InChI=1S/C24H31N3O6S2/c1-26(2)14-6-15-27(24-25-22-19(32-4)11-12-20(33-5)23(22)34-24)21(28)13-16-35(29,30)18-9-7-17(31-3)8-10-18/h7-12H,6,13-16H2,1-5H3. The SMILES string of the molecule is COc1ccc(S(=O)(=O)CCC(=O)N(CCCN(C)C)c2nc3c(OC)ccc(OC)c3s2)cc1. The van der Waals surface area contributed by atoms with Crippen LogP contribution in [0.4, 0.5) is 5.13 Å². The first-order chi connectivity index (χ1) is 16.7. The average molecular weight is 522 g/mol. The third-order valence-electron chi connectivity index (χ3n) is 5.42. The maximum absolute atomic E-state index is 13.3. The fourth-order valence-corrected chi connectivity index (χ4v) is 5.87. The van der Waals surface area contributed by atoms with Crippen molar-refractivity contribution in [2.45, 2.75) is 17.7 Å². The number of thiazole rings is 1. The number of rotatable bonds is 12. The maximum atomic E-state index is 13.3. The van der Waals surface area contributed by atoms with E-state index in [1.54, 1.807) is 43.4 Å². The number of fused-ring (bicyclic) bond motifs is 1. The minimum atomic E-state index is -3.64. The molecule has 35 heavy (non-hydrogen) atoms. The summed E-state index contributed by atoms with van der Waals surface area (Å²) >= 11 is 1.32. The van der Waals surface area contributed by atoms with E-state index in [0.717, 1.165) is 11.2 Å². The van der Waals surface area contributed by atoms with Gasteiger partial charge in [0.05, 0.1) is 32.0 Å². The lowest BCUT2D eigenvalue weighted by atomic mass is 10.3. The summed E-state index contributed by atoms with van der Waals surface area (Å²) < 4.78 is 42.4. The molecule has 0 saturated carbocycles. The van der Waals surface area contributed by atoms with Crippen LogP contribution in [0.1, 0.15) is 12.8 Å². The molecule has 0 spiro atoms. The van der Waals surface area contributed by atoms with Crippen molar-refractivity contribution in [3.05, 3.63) is 36.4 Å². The molecule has 0 aliphatic heterocycles. The van der Waals surface area contributed by atoms with Crippen molar-refractivity contribution < 1.29 is 27.4 Å². The Morgan fingerprint density at radius 3 is 2.20 bits per heavy atom. The number of aromatic nitrogens is 1. The molecular weight excluding hydrogens is 490 g/mol. The van der Waals surface area contributed by atoms with E-state index in [2.05, 4.69) is 4.98 Å². The second-order valence-corrected chi connectivity index (χ2v) is 11.2. The number of hydrogen-bond acceptors (Lipinski definition) is 9. The van der Waals surface area contributed by atoms with Gasteiger partial charge in [-0.15, -0.1) is 0 Å². The first-order valence-corrected chi connectivity index (χ1v) is 13.5. The molecule has 190 valence electrons. The molecule has 9 nitrogen and oxygen atoms in total. The zero-order chi connectivity index (χ0) is 25.6. The summed E-state index contributed by atoms with van der Waals surface area (Å²) in [5, 5.41) is 0.480. The fourth-order valence-electron chi connectivity index (χ4n) is 3.52. The fraction of sp³-hybridized carbons (Fsp3) is 0.417. The lowest BCUT2D eigenvalue weighted by Gasteiger charge is -2.21. The number of carbonyl (C=O) groups excluding carboxylic acids is 1. The molecule has 0 saturated heterocycles. The number of anilines is 1. The number of hydrogen-bond donors (Lipinski definition) is 0. The zero-order valence-electron chi connectivity index (χ0n) is 20.6. The van der Waals surface area contributed by atoms with Crippen molar-refractivity contribution in [2.24, 2.45) is 0 Å². The van der Waals surface area contributed by atoms with Crippen molar-refractivity contribution in [3.8, 4) is 17.2 Å². The van der Waals surface area contributed by atoms with Crippen LogP contribution in [0.25, 0.3) is 10.2 Å². The highest BCUT2D eigenvalue weighted by Crippen LogP contribution is 2.40. The van der Waals surface area contributed by atoms with Gasteiger partial charge in [0.15, 0.2) is 15.0 Å². The van der Waals surface area contributed by atoms with Crippen molar-refractivity contribution in [3.63, 3.8) is 0 Å². The first-order valence-electron chi connectivity index (χ1n) is 11.0. The Balaban J connectivity index is 1.86. The van der Waals surface area contributed by atoms with E-state index in [1.165, 1.54) is 30.6 Å². The Kier molecular flexibility index (Phi) is 8.92. The summed E-state index contributed by atoms with van der Waals surface area (Å²) in [6.45, 7) is 1.18. The molecule has 0 unspecified atom stereocenters.